The van der Waals surface area contributed by atoms with Crippen molar-refractivity contribution in [2.75, 3.05) is 6.54 Å². The third-order valence-corrected chi connectivity index (χ3v) is 3.76. The highest BCUT2D eigenvalue weighted by Crippen LogP contribution is 2.28. The largest absolute Gasteiger partial charge is 0.390 e. The smallest absolute Gasteiger partial charge is 0.123 e. The van der Waals surface area contributed by atoms with Crippen LogP contribution < -0.4 is 0 Å². The van der Waals surface area contributed by atoms with Crippen molar-refractivity contribution in [3.8, 4) is 0 Å². The maximum Gasteiger partial charge on any atom is 0.123 e. The molecule has 1 heterocycles. The van der Waals surface area contributed by atoms with E-state index in [-0.39, 0.29) is 5.82 Å². The number of nitrogens with zero attached hydrogens (tertiary/aromatic N) is 3. The average molecular weight is 289 g/mol. The molecule has 0 unspecified atom stereocenters. The number of hydrogen-bond donors (Lipinski definition) is 1. The lowest BCUT2D eigenvalue weighted by Gasteiger charge is -2.25. The van der Waals surface area contributed by atoms with Crippen molar-refractivity contribution in [2.24, 2.45) is 0 Å². The Bertz CT molecular complexity index is 551. The van der Waals surface area contributed by atoms with Gasteiger partial charge in [-0.25, -0.2) is 4.39 Å². The fraction of sp³-hybridized carbons (Fsp3) is 0.438. The minimum atomic E-state index is -0.453. The van der Waals surface area contributed by atoms with Crippen molar-refractivity contribution in [3.63, 3.8) is 0 Å². The first-order valence-corrected chi connectivity index (χ1v) is 7.35. The van der Waals surface area contributed by atoms with Gasteiger partial charge in [-0.2, -0.15) is 5.10 Å². The molecule has 4 nitrogen and oxygen atoms in total. The molecular formula is C16H20FN3O. The van der Waals surface area contributed by atoms with Gasteiger partial charge >= 0.3 is 0 Å². The van der Waals surface area contributed by atoms with Crippen molar-refractivity contribution >= 4 is 0 Å². The number of rotatable bonds is 7. The van der Waals surface area contributed by atoms with E-state index in [0.717, 1.165) is 12.1 Å². The van der Waals surface area contributed by atoms with Gasteiger partial charge in [0.25, 0.3) is 0 Å². The maximum atomic E-state index is 13.0. The zero-order valence-electron chi connectivity index (χ0n) is 11.9. The average Bonchev–Trinajstić information content (AvgIpc) is 3.19. The Hall–Kier alpha value is -1.72. The molecule has 1 aliphatic carbocycles. The first-order chi connectivity index (χ1) is 10.2. The first kappa shape index (κ1) is 14.2. The summed E-state index contributed by atoms with van der Waals surface area (Å²) in [6.45, 7) is 1.86. The quantitative estimate of drug-likeness (QED) is 0.848. The molecule has 0 spiro atoms. The maximum absolute atomic E-state index is 13.0. The Balaban J connectivity index is 1.58. The highest BCUT2D eigenvalue weighted by atomic mass is 19.1. The van der Waals surface area contributed by atoms with Gasteiger partial charge in [0.15, 0.2) is 0 Å². The van der Waals surface area contributed by atoms with Gasteiger partial charge in [0.05, 0.1) is 12.6 Å². The second-order valence-corrected chi connectivity index (χ2v) is 5.67. The molecular weight excluding hydrogens is 269 g/mol. The van der Waals surface area contributed by atoms with E-state index in [1.165, 1.54) is 25.0 Å². The summed E-state index contributed by atoms with van der Waals surface area (Å²) < 4.78 is 14.7. The van der Waals surface area contributed by atoms with Gasteiger partial charge in [-0.05, 0) is 36.6 Å². The van der Waals surface area contributed by atoms with E-state index in [4.69, 9.17) is 0 Å². The van der Waals surface area contributed by atoms with E-state index in [9.17, 15) is 9.50 Å². The van der Waals surface area contributed by atoms with Crippen molar-refractivity contribution in [1.82, 2.24) is 14.7 Å². The molecule has 1 aromatic heterocycles. The number of hydrogen-bond acceptors (Lipinski definition) is 3. The molecule has 0 saturated heterocycles. The predicted molar refractivity (Wildman–Crippen MR) is 78.1 cm³/mol. The number of aromatic nitrogens is 2. The number of aliphatic hydroxyl groups excluding tert-OH is 1. The van der Waals surface area contributed by atoms with E-state index in [1.807, 2.05) is 24.4 Å². The van der Waals surface area contributed by atoms with Crippen LogP contribution in [0.4, 0.5) is 4.39 Å². The van der Waals surface area contributed by atoms with Gasteiger partial charge in [-0.1, -0.05) is 12.1 Å². The van der Waals surface area contributed by atoms with Crippen LogP contribution in [0.5, 0.6) is 0 Å². The van der Waals surface area contributed by atoms with Gasteiger partial charge in [0.1, 0.15) is 5.82 Å². The second kappa shape index (κ2) is 6.37. The fourth-order valence-electron chi connectivity index (χ4n) is 2.56. The first-order valence-electron chi connectivity index (χ1n) is 7.35. The molecule has 1 N–H and O–H groups in total. The standard InChI is InChI=1S/C16H20FN3O/c17-14-4-2-13(3-5-14)10-19(15-6-7-15)11-16(21)12-20-9-1-8-18-20/h1-5,8-9,15-16,21H,6-7,10-12H2/t16-/m0/s1. The van der Waals surface area contributed by atoms with Gasteiger partial charge in [-0.15, -0.1) is 0 Å². The van der Waals surface area contributed by atoms with Gasteiger partial charge in [0.2, 0.25) is 0 Å². The lowest BCUT2D eigenvalue weighted by atomic mass is 10.2. The minimum Gasteiger partial charge on any atom is -0.390 e. The molecule has 3 rings (SSSR count). The highest BCUT2D eigenvalue weighted by Gasteiger charge is 2.30. The number of halogens is 1. The van der Waals surface area contributed by atoms with Crippen molar-refractivity contribution in [3.05, 3.63) is 54.1 Å². The van der Waals surface area contributed by atoms with E-state index < -0.39 is 6.10 Å². The van der Waals surface area contributed by atoms with E-state index >= 15 is 0 Å². The van der Waals surface area contributed by atoms with E-state index in [1.54, 1.807) is 10.9 Å². The highest BCUT2D eigenvalue weighted by molar-refractivity contribution is 5.16. The normalized spacial score (nSPS) is 16.3. The summed E-state index contributed by atoms with van der Waals surface area (Å²) in [4.78, 5) is 2.28. The van der Waals surface area contributed by atoms with Gasteiger partial charge in [0, 0.05) is 31.5 Å². The van der Waals surface area contributed by atoms with Crippen molar-refractivity contribution < 1.29 is 9.50 Å². The Morgan fingerprint density at radius 2 is 2.10 bits per heavy atom. The summed E-state index contributed by atoms with van der Waals surface area (Å²) in [5, 5.41) is 14.3. The third kappa shape index (κ3) is 4.12. The van der Waals surface area contributed by atoms with Crippen LogP contribution >= 0.6 is 0 Å². The molecule has 21 heavy (non-hydrogen) atoms. The predicted octanol–water partition coefficient (Wildman–Crippen LogP) is 2.05. The second-order valence-electron chi connectivity index (χ2n) is 5.67. The van der Waals surface area contributed by atoms with Gasteiger partial charge in [-0.3, -0.25) is 9.58 Å². The van der Waals surface area contributed by atoms with E-state index in [0.29, 0.717) is 19.1 Å². The zero-order chi connectivity index (χ0) is 14.7. The molecule has 5 heteroatoms. The Morgan fingerprint density at radius 1 is 1.33 bits per heavy atom. The molecule has 0 radical (unpaired) electrons. The lowest BCUT2D eigenvalue weighted by molar-refractivity contribution is 0.0875. The summed E-state index contributed by atoms with van der Waals surface area (Å²) in [6, 6.07) is 8.99. The van der Waals surface area contributed by atoms with Crippen LogP contribution in [0.25, 0.3) is 0 Å². The fourth-order valence-corrected chi connectivity index (χ4v) is 2.56. The molecule has 0 aliphatic heterocycles. The van der Waals surface area contributed by atoms with Crippen LogP contribution in [0.2, 0.25) is 0 Å². The van der Waals surface area contributed by atoms with Crippen molar-refractivity contribution in [2.45, 2.75) is 38.1 Å². The molecule has 1 aliphatic rings. The van der Waals surface area contributed by atoms with Crippen LogP contribution in [-0.4, -0.2) is 38.5 Å². The topological polar surface area (TPSA) is 41.3 Å². The monoisotopic (exact) mass is 289 g/mol. The van der Waals surface area contributed by atoms with Crippen LogP contribution in [0.1, 0.15) is 18.4 Å². The molecule has 2 aromatic rings. The lowest BCUT2D eigenvalue weighted by Crippen LogP contribution is -2.36. The molecule has 1 aromatic carbocycles. The Morgan fingerprint density at radius 3 is 2.71 bits per heavy atom. The van der Waals surface area contributed by atoms with Crippen LogP contribution in [0.3, 0.4) is 0 Å². The number of aliphatic hydroxyl groups is 1. The molecule has 0 bridgehead atoms. The molecule has 0 amide bonds. The van der Waals surface area contributed by atoms with E-state index in [2.05, 4.69) is 10.00 Å². The summed E-state index contributed by atoms with van der Waals surface area (Å²) in [5.74, 6) is -0.213. The zero-order valence-corrected chi connectivity index (χ0v) is 11.9. The summed E-state index contributed by atoms with van der Waals surface area (Å²) in [7, 11) is 0. The van der Waals surface area contributed by atoms with Gasteiger partial charge < -0.3 is 5.11 Å². The summed E-state index contributed by atoms with van der Waals surface area (Å²) in [5.41, 5.74) is 1.08. The molecule has 1 saturated carbocycles. The SMILES string of the molecule is O[C@@H](CN(Cc1ccc(F)cc1)C1CC1)Cn1cccn1. The molecule has 1 fully saturated rings. The van der Waals surface area contributed by atoms with Crippen LogP contribution in [0.15, 0.2) is 42.7 Å². The van der Waals surface area contributed by atoms with Crippen molar-refractivity contribution in [1.29, 1.82) is 0 Å². The summed E-state index contributed by atoms with van der Waals surface area (Å²) in [6.07, 6.45) is 5.46. The van der Waals surface area contributed by atoms with Crippen LogP contribution in [0, 0.1) is 5.82 Å². The molecule has 1 atom stereocenters. The Labute approximate surface area is 123 Å². The Kier molecular flexibility index (Phi) is 4.31. The summed E-state index contributed by atoms with van der Waals surface area (Å²) >= 11 is 0. The van der Waals surface area contributed by atoms with Crippen LogP contribution in [-0.2, 0) is 13.1 Å². The third-order valence-electron chi connectivity index (χ3n) is 3.76. The number of benzene rings is 1. The molecule has 112 valence electrons. The minimum absolute atomic E-state index is 0.213.